The fourth-order valence-corrected chi connectivity index (χ4v) is 1.95. The Labute approximate surface area is 140 Å². The molecule has 0 saturated carbocycles. The molecule has 0 aromatic heterocycles. The van der Waals surface area contributed by atoms with E-state index in [1.54, 1.807) is 25.3 Å². The molecule has 0 bridgehead atoms. The monoisotopic (exact) mass is 331 g/mol. The van der Waals surface area contributed by atoms with Crippen molar-refractivity contribution in [1.82, 2.24) is 5.32 Å². The van der Waals surface area contributed by atoms with Crippen LogP contribution < -0.4 is 14.8 Å². The summed E-state index contributed by atoms with van der Waals surface area (Å²) in [6.07, 6.45) is 3.21. The summed E-state index contributed by atoms with van der Waals surface area (Å²) in [5.74, 6) is 1.34. The average Bonchev–Trinajstić information content (AvgIpc) is 2.59. The molecule has 0 aliphatic heterocycles. The van der Waals surface area contributed by atoms with Gasteiger partial charge in [0.25, 0.3) is 0 Å². The first kappa shape index (κ1) is 16.9. The summed E-state index contributed by atoms with van der Waals surface area (Å²) in [5, 5.41) is 3.42. The molecule has 0 spiro atoms. The van der Waals surface area contributed by atoms with Gasteiger partial charge in [0.1, 0.15) is 18.1 Å². The molecule has 0 aliphatic rings. The second kappa shape index (κ2) is 8.86. The van der Waals surface area contributed by atoms with Crippen LogP contribution in [-0.2, 0) is 4.79 Å². The van der Waals surface area contributed by atoms with E-state index >= 15 is 0 Å². The fraction of sp³-hybridized carbons (Fsp3) is 0.167. The van der Waals surface area contributed by atoms with E-state index in [4.69, 9.17) is 21.1 Å². The van der Waals surface area contributed by atoms with Crippen molar-refractivity contribution in [3.05, 3.63) is 65.2 Å². The summed E-state index contributed by atoms with van der Waals surface area (Å²) >= 11 is 5.80. The number of carbonyl (C=O) groups is 1. The van der Waals surface area contributed by atoms with Crippen LogP contribution in [-0.4, -0.2) is 26.2 Å². The van der Waals surface area contributed by atoms with Gasteiger partial charge in [0.2, 0.25) is 5.91 Å². The van der Waals surface area contributed by atoms with Gasteiger partial charge in [-0.05, 0) is 48.0 Å². The maximum absolute atomic E-state index is 11.7. The van der Waals surface area contributed by atoms with Crippen LogP contribution in [0.15, 0.2) is 54.6 Å². The molecule has 2 rings (SSSR count). The Hall–Kier alpha value is -2.46. The van der Waals surface area contributed by atoms with E-state index in [2.05, 4.69) is 5.32 Å². The third-order valence-corrected chi connectivity index (χ3v) is 3.28. The highest BCUT2D eigenvalue weighted by molar-refractivity contribution is 6.30. The number of rotatable bonds is 7. The highest BCUT2D eigenvalue weighted by Crippen LogP contribution is 2.16. The largest absolute Gasteiger partial charge is 0.497 e. The molecule has 0 aliphatic carbocycles. The van der Waals surface area contributed by atoms with Gasteiger partial charge in [-0.25, -0.2) is 0 Å². The highest BCUT2D eigenvalue weighted by atomic mass is 35.5. The number of hydrogen-bond donors (Lipinski definition) is 1. The molecule has 0 heterocycles. The minimum atomic E-state index is -0.168. The zero-order chi connectivity index (χ0) is 16.5. The molecule has 23 heavy (non-hydrogen) atoms. The van der Waals surface area contributed by atoms with Crippen LogP contribution >= 0.6 is 11.6 Å². The highest BCUT2D eigenvalue weighted by Gasteiger charge is 1.97. The van der Waals surface area contributed by atoms with Crippen LogP contribution in [0.25, 0.3) is 6.08 Å². The third-order valence-electron chi connectivity index (χ3n) is 3.03. The average molecular weight is 332 g/mol. The summed E-state index contributed by atoms with van der Waals surface area (Å²) in [4.78, 5) is 11.7. The molecule has 0 atom stereocenters. The van der Waals surface area contributed by atoms with Crippen molar-refractivity contribution >= 4 is 23.6 Å². The van der Waals surface area contributed by atoms with E-state index < -0.39 is 0 Å². The maximum atomic E-state index is 11.7. The Morgan fingerprint density at radius 1 is 1.09 bits per heavy atom. The van der Waals surface area contributed by atoms with Gasteiger partial charge in [0.05, 0.1) is 13.7 Å². The maximum Gasteiger partial charge on any atom is 0.244 e. The molecule has 0 fully saturated rings. The van der Waals surface area contributed by atoms with Crippen molar-refractivity contribution in [1.29, 1.82) is 0 Å². The smallest absolute Gasteiger partial charge is 0.244 e. The first-order valence-corrected chi connectivity index (χ1v) is 7.53. The predicted octanol–water partition coefficient (Wildman–Crippen LogP) is 3.56. The number of hydrogen-bond acceptors (Lipinski definition) is 3. The van der Waals surface area contributed by atoms with Gasteiger partial charge in [-0.15, -0.1) is 0 Å². The quantitative estimate of drug-likeness (QED) is 0.623. The van der Waals surface area contributed by atoms with E-state index in [1.165, 1.54) is 6.08 Å². The Morgan fingerprint density at radius 3 is 2.39 bits per heavy atom. The van der Waals surface area contributed by atoms with Gasteiger partial charge < -0.3 is 14.8 Å². The lowest BCUT2D eigenvalue weighted by Gasteiger charge is -2.07. The third kappa shape index (κ3) is 6.04. The van der Waals surface area contributed by atoms with E-state index in [1.807, 2.05) is 36.4 Å². The molecule has 5 heteroatoms. The summed E-state index contributed by atoms with van der Waals surface area (Å²) in [6, 6.07) is 14.5. The van der Waals surface area contributed by atoms with Crippen molar-refractivity contribution < 1.29 is 14.3 Å². The van der Waals surface area contributed by atoms with E-state index in [0.29, 0.717) is 18.2 Å². The molecule has 0 unspecified atom stereocenters. The van der Waals surface area contributed by atoms with Gasteiger partial charge in [0.15, 0.2) is 0 Å². The number of halogens is 1. The van der Waals surface area contributed by atoms with E-state index in [9.17, 15) is 4.79 Å². The lowest BCUT2D eigenvalue weighted by molar-refractivity contribution is -0.116. The molecular formula is C18H18ClNO3. The number of ether oxygens (including phenoxy) is 2. The number of benzene rings is 2. The number of nitrogens with one attached hydrogen (secondary N) is 1. The molecule has 2 aromatic rings. The summed E-state index contributed by atoms with van der Waals surface area (Å²) in [5.41, 5.74) is 0.916. The van der Waals surface area contributed by atoms with Crippen LogP contribution in [0.5, 0.6) is 11.5 Å². The fourth-order valence-electron chi connectivity index (χ4n) is 1.82. The van der Waals surface area contributed by atoms with Gasteiger partial charge in [-0.2, -0.15) is 0 Å². The van der Waals surface area contributed by atoms with Crippen LogP contribution in [0.4, 0.5) is 0 Å². The van der Waals surface area contributed by atoms with Crippen molar-refractivity contribution in [2.75, 3.05) is 20.3 Å². The molecule has 120 valence electrons. The zero-order valence-corrected chi connectivity index (χ0v) is 13.5. The number of methoxy groups -OCH3 is 1. The Morgan fingerprint density at radius 2 is 1.74 bits per heavy atom. The lowest BCUT2D eigenvalue weighted by atomic mass is 10.2. The molecule has 0 saturated heterocycles. The normalized spacial score (nSPS) is 10.5. The van der Waals surface area contributed by atoms with Crippen LogP contribution in [0.1, 0.15) is 5.56 Å². The molecule has 1 N–H and O–H groups in total. The number of carbonyl (C=O) groups excluding carboxylic acids is 1. The first-order chi connectivity index (χ1) is 11.2. The van der Waals surface area contributed by atoms with Crippen molar-refractivity contribution in [3.63, 3.8) is 0 Å². The van der Waals surface area contributed by atoms with Crippen molar-refractivity contribution in [2.45, 2.75) is 0 Å². The Bertz CT molecular complexity index is 651. The minimum absolute atomic E-state index is 0.168. The molecule has 1 amide bonds. The molecule has 4 nitrogen and oxygen atoms in total. The van der Waals surface area contributed by atoms with Gasteiger partial charge >= 0.3 is 0 Å². The molecule has 2 aromatic carbocycles. The van der Waals surface area contributed by atoms with E-state index in [0.717, 1.165) is 17.1 Å². The number of amides is 1. The Kier molecular flexibility index (Phi) is 6.51. The van der Waals surface area contributed by atoms with Crippen LogP contribution in [0, 0.1) is 0 Å². The van der Waals surface area contributed by atoms with Crippen molar-refractivity contribution in [2.24, 2.45) is 0 Å². The minimum Gasteiger partial charge on any atom is -0.497 e. The van der Waals surface area contributed by atoms with E-state index in [-0.39, 0.29) is 5.91 Å². The van der Waals surface area contributed by atoms with Gasteiger partial charge in [-0.1, -0.05) is 23.7 Å². The second-order valence-corrected chi connectivity index (χ2v) is 5.14. The lowest BCUT2D eigenvalue weighted by Crippen LogP contribution is -2.26. The van der Waals surface area contributed by atoms with Gasteiger partial charge in [0, 0.05) is 11.1 Å². The summed E-state index contributed by atoms with van der Waals surface area (Å²) in [6.45, 7) is 0.822. The SMILES string of the molecule is COc1ccc(OCCNC(=O)/C=C/c2ccc(Cl)cc2)cc1. The molecule has 0 radical (unpaired) electrons. The predicted molar refractivity (Wildman–Crippen MR) is 92.0 cm³/mol. The summed E-state index contributed by atoms with van der Waals surface area (Å²) in [7, 11) is 1.61. The Balaban J connectivity index is 1.68. The van der Waals surface area contributed by atoms with Crippen molar-refractivity contribution in [3.8, 4) is 11.5 Å². The van der Waals surface area contributed by atoms with Crippen LogP contribution in [0.2, 0.25) is 5.02 Å². The van der Waals surface area contributed by atoms with Crippen LogP contribution in [0.3, 0.4) is 0 Å². The first-order valence-electron chi connectivity index (χ1n) is 7.16. The topological polar surface area (TPSA) is 47.6 Å². The summed E-state index contributed by atoms with van der Waals surface area (Å²) < 4.78 is 10.6. The molecular weight excluding hydrogens is 314 g/mol. The standard InChI is InChI=1S/C18H18ClNO3/c1-22-16-7-9-17(10-8-16)23-13-12-20-18(21)11-4-14-2-5-15(19)6-3-14/h2-11H,12-13H2,1H3,(H,20,21)/b11-4+. The zero-order valence-electron chi connectivity index (χ0n) is 12.8. The second-order valence-electron chi connectivity index (χ2n) is 4.70. The van der Waals surface area contributed by atoms with Gasteiger partial charge in [-0.3, -0.25) is 4.79 Å².